The number of benzene rings is 1. The molecular formula is C16H22N2O2. The largest absolute Gasteiger partial charge is 0.342 e. The van der Waals surface area contributed by atoms with Gasteiger partial charge in [0.05, 0.1) is 6.42 Å². The van der Waals surface area contributed by atoms with E-state index < -0.39 is 0 Å². The lowest BCUT2D eigenvalue weighted by Gasteiger charge is -2.22. The van der Waals surface area contributed by atoms with Crippen molar-refractivity contribution in [3.63, 3.8) is 0 Å². The molecule has 1 aromatic rings. The standard InChI is InChI=1S/C16H22N2O2/c1-12(19)14-5-3-13(4-6-14)9-15(20)18-8-7-16(2,10-17)11-18/h3-6H,7-11,17H2,1-2H3. The number of nitrogens with two attached hydrogens (primary N) is 1. The van der Waals surface area contributed by atoms with E-state index in [-0.39, 0.29) is 17.1 Å². The van der Waals surface area contributed by atoms with Gasteiger partial charge in [0.25, 0.3) is 0 Å². The normalized spacial score (nSPS) is 22.1. The summed E-state index contributed by atoms with van der Waals surface area (Å²) in [6.45, 7) is 5.82. The van der Waals surface area contributed by atoms with Crippen molar-refractivity contribution in [2.75, 3.05) is 19.6 Å². The van der Waals surface area contributed by atoms with E-state index in [2.05, 4.69) is 6.92 Å². The van der Waals surface area contributed by atoms with Crippen molar-refractivity contribution in [3.05, 3.63) is 35.4 Å². The summed E-state index contributed by atoms with van der Waals surface area (Å²) >= 11 is 0. The zero-order chi connectivity index (χ0) is 14.8. The highest BCUT2D eigenvalue weighted by Crippen LogP contribution is 2.28. The molecule has 1 aromatic carbocycles. The zero-order valence-corrected chi connectivity index (χ0v) is 12.2. The second-order valence-corrected chi connectivity index (χ2v) is 6.01. The molecule has 1 aliphatic heterocycles. The lowest BCUT2D eigenvalue weighted by Crippen LogP contribution is -2.35. The van der Waals surface area contributed by atoms with Gasteiger partial charge < -0.3 is 10.6 Å². The Labute approximate surface area is 119 Å². The Balaban J connectivity index is 1.97. The van der Waals surface area contributed by atoms with Crippen LogP contribution in [-0.4, -0.2) is 36.2 Å². The maximum atomic E-state index is 12.3. The number of hydrogen-bond donors (Lipinski definition) is 1. The molecule has 108 valence electrons. The number of amides is 1. The second kappa shape index (κ2) is 5.75. The maximum Gasteiger partial charge on any atom is 0.227 e. The molecule has 0 bridgehead atoms. The van der Waals surface area contributed by atoms with Crippen molar-refractivity contribution in [2.45, 2.75) is 26.7 Å². The van der Waals surface area contributed by atoms with Gasteiger partial charge in [0, 0.05) is 18.7 Å². The van der Waals surface area contributed by atoms with Gasteiger partial charge >= 0.3 is 0 Å². The molecule has 0 spiro atoms. The van der Waals surface area contributed by atoms with E-state index in [1.54, 1.807) is 12.1 Å². The molecule has 1 saturated heterocycles. The van der Waals surface area contributed by atoms with Gasteiger partial charge in [-0.3, -0.25) is 9.59 Å². The van der Waals surface area contributed by atoms with Crippen LogP contribution in [0, 0.1) is 5.41 Å². The fraction of sp³-hybridized carbons (Fsp3) is 0.500. The number of rotatable bonds is 4. The summed E-state index contributed by atoms with van der Waals surface area (Å²) in [6, 6.07) is 7.26. The predicted octanol–water partition coefficient (Wildman–Crippen LogP) is 1.63. The lowest BCUT2D eigenvalue weighted by molar-refractivity contribution is -0.129. The smallest absolute Gasteiger partial charge is 0.227 e. The quantitative estimate of drug-likeness (QED) is 0.849. The Morgan fingerprint density at radius 3 is 2.45 bits per heavy atom. The Morgan fingerprint density at radius 1 is 1.30 bits per heavy atom. The molecule has 1 aliphatic rings. The molecule has 0 saturated carbocycles. The molecule has 0 aliphatic carbocycles. The fourth-order valence-corrected chi connectivity index (χ4v) is 2.55. The molecule has 0 aromatic heterocycles. The Morgan fingerprint density at radius 2 is 1.95 bits per heavy atom. The summed E-state index contributed by atoms with van der Waals surface area (Å²) in [5, 5.41) is 0. The van der Waals surface area contributed by atoms with Gasteiger partial charge in [-0.1, -0.05) is 31.2 Å². The number of likely N-dealkylation sites (tertiary alicyclic amines) is 1. The highest BCUT2D eigenvalue weighted by molar-refractivity contribution is 5.94. The number of carbonyl (C=O) groups is 2. The summed E-state index contributed by atoms with van der Waals surface area (Å²) in [5.74, 6) is 0.180. The average molecular weight is 274 g/mol. The van der Waals surface area contributed by atoms with Crippen molar-refractivity contribution in [2.24, 2.45) is 11.1 Å². The van der Waals surface area contributed by atoms with Crippen LogP contribution in [0.3, 0.4) is 0 Å². The molecule has 1 atom stereocenters. The highest BCUT2D eigenvalue weighted by atomic mass is 16.2. The van der Waals surface area contributed by atoms with E-state index in [4.69, 9.17) is 5.73 Å². The SMILES string of the molecule is CC(=O)c1ccc(CC(=O)N2CCC(C)(CN)C2)cc1. The summed E-state index contributed by atoms with van der Waals surface area (Å²) < 4.78 is 0. The first kappa shape index (κ1) is 14.7. The molecule has 2 rings (SSSR count). The van der Waals surface area contributed by atoms with Crippen LogP contribution >= 0.6 is 0 Å². The molecule has 4 nitrogen and oxygen atoms in total. The third kappa shape index (κ3) is 3.25. The summed E-state index contributed by atoms with van der Waals surface area (Å²) in [5.41, 5.74) is 7.45. The van der Waals surface area contributed by atoms with Gasteiger partial charge in [0.15, 0.2) is 5.78 Å². The summed E-state index contributed by atoms with van der Waals surface area (Å²) in [6.07, 6.45) is 1.36. The third-order valence-corrected chi connectivity index (χ3v) is 4.12. The minimum Gasteiger partial charge on any atom is -0.342 e. The molecule has 1 heterocycles. The Bertz CT molecular complexity index is 510. The van der Waals surface area contributed by atoms with E-state index >= 15 is 0 Å². The van der Waals surface area contributed by atoms with Crippen LogP contribution in [-0.2, 0) is 11.2 Å². The van der Waals surface area contributed by atoms with Gasteiger partial charge in [-0.25, -0.2) is 0 Å². The first-order valence-electron chi connectivity index (χ1n) is 7.01. The number of Topliss-reactive ketones (excluding diaryl/α,β-unsaturated/α-hetero) is 1. The minimum atomic E-state index is 0.0427. The van der Waals surface area contributed by atoms with E-state index in [9.17, 15) is 9.59 Å². The van der Waals surface area contributed by atoms with Crippen LogP contribution in [0.25, 0.3) is 0 Å². The molecule has 1 fully saturated rings. The van der Waals surface area contributed by atoms with Crippen LogP contribution in [0.2, 0.25) is 0 Å². The highest BCUT2D eigenvalue weighted by Gasteiger charge is 2.34. The number of ketones is 1. The summed E-state index contributed by atoms with van der Waals surface area (Å²) in [7, 11) is 0. The van der Waals surface area contributed by atoms with Crippen LogP contribution in [0.4, 0.5) is 0 Å². The van der Waals surface area contributed by atoms with Gasteiger partial charge in [-0.15, -0.1) is 0 Å². The Kier molecular flexibility index (Phi) is 4.23. The van der Waals surface area contributed by atoms with Crippen molar-refractivity contribution >= 4 is 11.7 Å². The molecule has 20 heavy (non-hydrogen) atoms. The van der Waals surface area contributed by atoms with Crippen LogP contribution in [0.15, 0.2) is 24.3 Å². The number of nitrogens with zero attached hydrogens (tertiary/aromatic N) is 1. The van der Waals surface area contributed by atoms with Gasteiger partial charge in [-0.2, -0.15) is 0 Å². The number of carbonyl (C=O) groups excluding carboxylic acids is 2. The van der Waals surface area contributed by atoms with Crippen molar-refractivity contribution < 1.29 is 9.59 Å². The first-order valence-corrected chi connectivity index (χ1v) is 7.01. The predicted molar refractivity (Wildman–Crippen MR) is 78.5 cm³/mol. The molecule has 4 heteroatoms. The third-order valence-electron chi connectivity index (χ3n) is 4.12. The molecule has 0 radical (unpaired) electrons. The van der Waals surface area contributed by atoms with Crippen molar-refractivity contribution in [1.82, 2.24) is 4.90 Å². The zero-order valence-electron chi connectivity index (χ0n) is 12.2. The van der Waals surface area contributed by atoms with E-state index in [1.807, 2.05) is 17.0 Å². The van der Waals surface area contributed by atoms with E-state index in [0.29, 0.717) is 18.5 Å². The molecule has 2 N–H and O–H groups in total. The van der Waals surface area contributed by atoms with E-state index in [1.165, 1.54) is 6.92 Å². The van der Waals surface area contributed by atoms with Crippen molar-refractivity contribution in [3.8, 4) is 0 Å². The maximum absolute atomic E-state index is 12.3. The number of hydrogen-bond acceptors (Lipinski definition) is 3. The second-order valence-electron chi connectivity index (χ2n) is 6.01. The first-order chi connectivity index (χ1) is 9.43. The lowest BCUT2D eigenvalue weighted by atomic mass is 9.90. The topological polar surface area (TPSA) is 63.4 Å². The minimum absolute atomic E-state index is 0.0427. The van der Waals surface area contributed by atoms with Gasteiger partial charge in [0.1, 0.15) is 0 Å². The average Bonchev–Trinajstić information content (AvgIpc) is 2.83. The van der Waals surface area contributed by atoms with E-state index in [0.717, 1.165) is 25.1 Å². The van der Waals surface area contributed by atoms with Crippen molar-refractivity contribution in [1.29, 1.82) is 0 Å². The van der Waals surface area contributed by atoms with Crippen LogP contribution in [0.1, 0.15) is 36.2 Å². The molecule has 1 amide bonds. The molecular weight excluding hydrogens is 252 g/mol. The van der Waals surface area contributed by atoms with Crippen LogP contribution in [0.5, 0.6) is 0 Å². The van der Waals surface area contributed by atoms with Gasteiger partial charge in [0.2, 0.25) is 5.91 Å². The molecule has 1 unspecified atom stereocenters. The van der Waals surface area contributed by atoms with Crippen LogP contribution < -0.4 is 5.73 Å². The Hall–Kier alpha value is -1.68. The van der Waals surface area contributed by atoms with Gasteiger partial charge in [-0.05, 0) is 30.9 Å². The monoisotopic (exact) mass is 274 g/mol. The summed E-state index contributed by atoms with van der Waals surface area (Å²) in [4.78, 5) is 25.4. The fourth-order valence-electron chi connectivity index (χ4n) is 2.55.